The van der Waals surface area contributed by atoms with Gasteiger partial charge in [-0.25, -0.2) is 4.79 Å². The number of nitro benzene ring substituents is 1. The van der Waals surface area contributed by atoms with E-state index in [4.69, 9.17) is 9.47 Å². The van der Waals surface area contributed by atoms with Gasteiger partial charge in [0.2, 0.25) is 0 Å². The van der Waals surface area contributed by atoms with E-state index in [1.165, 1.54) is 32.4 Å². The van der Waals surface area contributed by atoms with Crippen LogP contribution >= 0.6 is 0 Å². The van der Waals surface area contributed by atoms with Crippen LogP contribution in [0, 0.1) is 10.1 Å². The first-order valence-electron chi connectivity index (χ1n) is 7.04. The lowest BCUT2D eigenvalue weighted by Crippen LogP contribution is -2.28. The highest BCUT2D eigenvalue weighted by Crippen LogP contribution is 2.30. The molecule has 8 heteroatoms. The number of hydrogen-bond donors (Lipinski definition) is 2. The molecular weight excluding hydrogens is 314 g/mol. The van der Waals surface area contributed by atoms with E-state index in [1.807, 2.05) is 0 Å². The Morgan fingerprint density at radius 2 is 1.92 bits per heavy atom. The molecule has 0 aromatic heterocycles. The maximum atomic E-state index is 12.0. The normalized spacial score (nSPS) is 9.92. The van der Waals surface area contributed by atoms with Crippen LogP contribution in [-0.4, -0.2) is 25.2 Å². The Morgan fingerprint density at radius 3 is 2.58 bits per heavy atom. The van der Waals surface area contributed by atoms with E-state index in [0.717, 1.165) is 5.56 Å². The predicted octanol–water partition coefficient (Wildman–Crippen LogP) is 2.93. The van der Waals surface area contributed by atoms with Crippen molar-refractivity contribution in [3.8, 4) is 11.5 Å². The third-order valence-electron chi connectivity index (χ3n) is 3.24. The smallest absolute Gasteiger partial charge is 0.319 e. The Balaban J connectivity index is 2.01. The van der Waals surface area contributed by atoms with E-state index in [9.17, 15) is 14.9 Å². The first kappa shape index (κ1) is 17.1. The van der Waals surface area contributed by atoms with E-state index in [0.29, 0.717) is 17.2 Å². The van der Waals surface area contributed by atoms with E-state index < -0.39 is 11.0 Å². The minimum Gasteiger partial charge on any atom is -0.493 e. The zero-order valence-electron chi connectivity index (χ0n) is 13.2. The molecule has 0 radical (unpaired) electrons. The van der Waals surface area contributed by atoms with Gasteiger partial charge in [0, 0.05) is 29.9 Å². The molecule has 0 saturated heterocycles. The first-order valence-corrected chi connectivity index (χ1v) is 7.04. The van der Waals surface area contributed by atoms with Gasteiger partial charge in [0.05, 0.1) is 19.1 Å². The molecule has 0 unspecified atom stereocenters. The van der Waals surface area contributed by atoms with Crippen LogP contribution in [0.4, 0.5) is 16.2 Å². The van der Waals surface area contributed by atoms with Crippen molar-refractivity contribution in [2.24, 2.45) is 0 Å². The van der Waals surface area contributed by atoms with Gasteiger partial charge in [-0.2, -0.15) is 0 Å². The monoisotopic (exact) mass is 331 g/mol. The fourth-order valence-electron chi connectivity index (χ4n) is 2.14. The zero-order valence-corrected chi connectivity index (χ0v) is 13.2. The van der Waals surface area contributed by atoms with Crippen LogP contribution in [0.15, 0.2) is 42.5 Å². The highest BCUT2D eigenvalue weighted by molar-refractivity contribution is 5.89. The molecule has 2 aromatic carbocycles. The number of nitro groups is 1. The number of nitrogens with zero attached hydrogens (tertiary/aromatic N) is 1. The molecule has 0 spiro atoms. The number of benzene rings is 2. The molecule has 0 aliphatic carbocycles. The number of amides is 2. The molecule has 0 aliphatic heterocycles. The molecule has 2 aromatic rings. The van der Waals surface area contributed by atoms with Gasteiger partial charge in [0.1, 0.15) is 0 Å². The van der Waals surface area contributed by atoms with Crippen molar-refractivity contribution in [2.75, 3.05) is 19.5 Å². The average Bonchev–Trinajstić information content (AvgIpc) is 2.59. The number of nitrogens with one attached hydrogen (secondary N) is 2. The van der Waals surface area contributed by atoms with Crippen molar-refractivity contribution in [1.82, 2.24) is 5.32 Å². The number of rotatable bonds is 6. The Bertz CT molecular complexity index is 748. The molecule has 126 valence electrons. The van der Waals surface area contributed by atoms with Gasteiger partial charge in [-0.3, -0.25) is 10.1 Å². The summed E-state index contributed by atoms with van der Waals surface area (Å²) in [6.07, 6.45) is 0. The number of carbonyl (C=O) groups excluding carboxylic acids is 1. The lowest BCUT2D eigenvalue weighted by atomic mass is 10.2. The molecule has 0 saturated carbocycles. The number of hydrogen-bond acceptors (Lipinski definition) is 5. The van der Waals surface area contributed by atoms with Gasteiger partial charge in [-0.15, -0.1) is 0 Å². The maximum Gasteiger partial charge on any atom is 0.319 e. The number of urea groups is 1. The second-order valence-corrected chi connectivity index (χ2v) is 4.77. The third kappa shape index (κ3) is 4.13. The van der Waals surface area contributed by atoms with Crippen molar-refractivity contribution in [3.05, 3.63) is 58.1 Å². The minimum atomic E-state index is -0.524. The average molecular weight is 331 g/mol. The molecule has 8 nitrogen and oxygen atoms in total. The van der Waals surface area contributed by atoms with Gasteiger partial charge >= 0.3 is 6.03 Å². The number of methoxy groups -OCH3 is 2. The van der Waals surface area contributed by atoms with Gasteiger partial charge in [0.25, 0.3) is 5.69 Å². The standard InChI is InChI=1S/C16H17N3O5/c1-23-14-8-3-5-11(15(14)24-2)10-17-16(20)18-12-6-4-7-13(9-12)19(21)22/h3-9H,10H2,1-2H3,(H2,17,18,20). The second-order valence-electron chi connectivity index (χ2n) is 4.77. The van der Waals surface area contributed by atoms with Crippen LogP contribution in [0.25, 0.3) is 0 Å². The van der Waals surface area contributed by atoms with Gasteiger partial charge in [0.15, 0.2) is 11.5 Å². The van der Waals surface area contributed by atoms with E-state index >= 15 is 0 Å². The quantitative estimate of drug-likeness (QED) is 0.626. The Hall–Kier alpha value is -3.29. The maximum absolute atomic E-state index is 12.0. The van der Waals surface area contributed by atoms with Crippen molar-refractivity contribution in [3.63, 3.8) is 0 Å². The summed E-state index contributed by atoms with van der Waals surface area (Å²) >= 11 is 0. The lowest BCUT2D eigenvalue weighted by Gasteiger charge is -2.13. The summed E-state index contributed by atoms with van der Waals surface area (Å²) in [5, 5.41) is 15.9. The van der Waals surface area contributed by atoms with Crippen LogP contribution in [0.5, 0.6) is 11.5 Å². The molecule has 2 N–H and O–H groups in total. The van der Waals surface area contributed by atoms with E-state index in [1.54, 1.807) is 24.3 Å². The predicted molar refractivity (Wildman–Crippen MR) is 88.5 cm³/mol. The molecule has 0 heterocycles. The summed E-state index contributed by atoms with van der Waals surface area (Å²) in [5.74, 6) is 1.10. The third-order valence-corrected chi connectivity index (χ3v) is 3.24. The van der Waals surface area contributed by atoms with Crippen molar-refractivity contribution in [2.45, 2.75) is 6.54 Å². The van der Waals surface area contributed by atoms with Crippen molar-refractivity contribution in [1.29, 1.82) is 0 Å². The largest absolute Gasteiger partial charge is 0.493 e. The Morgan fingerprint density at radius 1 is 1.17 bits per heavy atom. The van der Waals surface area contributed by atoms with Crippen molar-refractivity contribution >= 4 is 17.4 Å². The number of non-ortho nitro benzene ring substituents is 1. The summed E-state index contributed by atoms with van der Waals surface area (Å²) in [4.78, 5) is 22.2. The molecule has 0 fully saturated rings. The first-order chi connectivity index (χ1) is 11.5. The van der Waals surface area contributed by atoms with Crippen LogP contribution in [0.3, 0.4) is 0 Å². The zero-order chi connectivity index (χ0) is 17.5. The van der Waals surface area contributed by atoms with Gasteiger partial charge in [-0.1, -0.05) is 18.2 Å². The van der Waals surface area contributed by atoms with Crippen LogP contribution in [0.1, 0.15) is 5.56 Å². The van der Waals surface area contributed by atoms with Gasteiger partial charge < -0.3 is 20.1 Å². The molecule has 0 atom stereocenters. The molecule has 2 rings (SSSR count). The topological polar surface area (TPSA) is 103 Å². The molecule has 2 amide bonds. The Kier molecular flexibility index (Phi) is 5.56. The van der Waals surface area contributed by atoms with Crippen LogP contribution < -0.4 is 20.1 Å². The number of para-hydroxylation sites is 1. The fraction of sp³-hybridized carbons (Fsp3) is 0.188. The number of anilines is 1. The van der Waals surface area contributed by atoms with E-state index in [-0.39, 0.29) is 12.2 Å². The highest BCUT2D eigenvalue weighted by Gasteiger charge is 2.11. The molecule has 24 heavy (non-hydrogen) atoms. The molecule has 0 bridgehead atoms. The van der Waals surface area contributed by atoms with E-state index in [2.05, 4.69) is 10.6 Å². The summed E-state index contributed by atoms with van der Waals surface area (Å²) < 4.78 is 10.5. The van der Waals surface area contributed by atoms with Crippen LogP contribution in [-0.2, 0) is 6.54 Å². The summed E-state index contributed by atoms with van der Waals surface area (Å²) in [6.45, 7) is 0.209. The SMILES string of the molecule is COc1cccc(CNC(=O)Nc2cccc([N+](=O)[O-])c2)c1OC. The Labute approximate surface area is 138 Å². The number of carbonyl (C=O) groups is 1. The lowest BCUT2D eigenvalue weighted by molar-refractivity contribution is -0.384. The minimum absolute atomic E-state index is 0.0951. The fourth-order valence-corrected chi connectivity index (χ4v) is 2.14. The summed E-state index contributed by atoms with van der Waals surface area (Å²) in [5.41, 5.74) is 0.979. The molecular formula is C16H17N3O5. The van der Waals surface area contributed by atoms with Crippen LogP contribution in [0.2, 0.25) is 0 Å². The highest BCUT2D eigenvalue weighted by atomic mass is 16.6. The van der Waals surface area contributed by atoms with Gasteiger partial charge in [-0.05, 0) is 12.1 Å². The second kappa shape index (κ2) is 7.82. The molecule has 0 aliphatic rings. The number of ether oxygens (including phenoxy) is 2. The summed E-state index contributed by atoms with van der Waals surface area (Å²) in [6, 6.07) is 10.6. The summed E-state index contributed by atoms with van der Waals surface area (Å²) in [7, 11) is 3.05. The van der Waals surface area contributed by atoms with Crippen molar-refractivity contribution < 1.29 is 19.2 Å².